The van der Waals surface area contributed by atoms with Crippen LogP contribution in [0.5, 0.6) is 5.75 Å². The van der Waals surface area contributed by atoms with Gasteiger partial charge in [0, 0.05) is 13.1 Å². The number of hydrogen-bond acceptors (Lipinski definition) is 6. The van der Waals surface area contributed by atoms with Crippen LogP contribution in [0.4, 0.5) is 18.9 Å². The van der Waals surface area contributed by atoms with E-state index < -0.39 is 15.6 Å². The summed E-state index contributed by atoms with van der Waals surface area (Å²) in [5, 5.41) is 0. The lowest BCUT2D eigenvalue weighted by atomic mass is 10.3. The first-order valence-electron chi connectivity index (χ1n) is 8.11. The Balaban J connectivity index is 0.000000258. The molecule has 0 bridgehead atoms. The zero-order valence-electron chi connectivity index (χ0n) is 15.2. The van der Waals surface area contributed by atoms with E-state index in [-0.39, 0.29) is 0 Å². The molecule has 0 atom stereocenters. The molecule has 0 amide bonds. The molecule has 0 saturated heterocycles. The van der Waals surface area contributed by atoms with E-state index in [2.05, 4.69) is 0 Å². The highest BCUT2D eigenvalue weighted by molar-refractivity contribution is 7.86. The van der Waals surface area contributed by atoms with Gasteiger partial charge in [0.1, 0.15) is 13.1 Å². The van der Waals surface area contributed by atoms with Crippen molar-refractivity contribution in [3.63, 3.8) is 0 Å². The molecule has 7 nitrogen and oxygen atoms in total. The fourth-order valence-corrected chi connectivity index (χ4v) is 2.60. The first kappa shape index (κ1) is 20.7. The van der Waals surface area contributed by atoms with Gasteiger partial charge in [0.05, 0.1) is 5.69 Å². The molecule has 1 aliphatic heterocycles. The highest BCUT2D eigenvalue weighted by atomic mass is 32.2. The third-order valence-electron chi connectivity index (χ3n) is 4.07. The van der Waals surface area contributed by atoms with Crippen LogP contribution >= 0.6 is 0 Å². The molecule has 1 aliphatic rings. The van der Waals surface area contributed by atoms with Gasteiger partial charge in [-0.1, -0.05) is 24.3 Å². The van der Waals surface area contributed by atoms with Gasteiger partial charge in [-0.3, -0.25) is 0 Å². The van der Waals surface area contributed by atoms with E-state index in [1.54, 1.807) is 0 Å². The maximum Gasteiger partial charge on any atom is 0.485 e. The monoisotopic (exact) mass is 428 g/mol. The molecule has 154 valence electrons. The molecule has 0 radical (unpaired) electrons. The second kappa shape index (κ2) is 7.41. The van der Waals surface area contributed by atoms with Crippen LogP contribution < -0.4 is 14.2 Å². The Hall–Kier alpha value is -3.05. The topological polar surface area (TPSA) is 86.7 Å². The van der Waals surface area contributed by atoms with Crippen LogP contribution in [-0.4, -0.2) is 25.5 Å². The molecule has 0 spiro atoms. The van der Waals surface area contributed by atoms with Gasteiger partial charge in [-0.2, -0.15) is 17.7 Å². The highest BCUT2D eigenvalue weighted by Gasteiger charge is 2.37. The van der Waals surface area contributed by atoms with E-state index in [0.29, 0.717) is 0 Å². The molecule has 4 rings (SSSR count). The maximum absolute atomic E-state index is 10.7. The molecule has 0 saturated carbocycles. The van der Waals surface area contributed by atoms with Crippen LogP contribution in [0.25, 0.3) is 17.2 Å². The van der Waals surface area contributed by atoms with E-state index in [0.717, 1.165) is 34.3 Å². The third-order valence-corrected chi connectivity index (χ3v) is 4.64. The number of ether oxygens (including phenoxy) is 1. The maximum atomic E-state index is 10.7. The van der Waals surface area contributed by atoms with E-state index in [1.165, 1.54) is 0 Å². The molecule has 0 fully saturated rings. The summed E-state index contributed by atoms with van der Waals surface area (Å²) in [5.74, 6) is 2.38. The fourth-order valence-electron chi connectivity index (χ4n) is 2.60. The number of hydrogen-bond donors (Lipinski definition) is 0. The Morgan fingerprint density at radius 2 is 1.69 bits per heavy atom. The van der Waals surface area contributed by atoms with Crippen molar-refractivity contribution < 1.29 is 39.9 Å². The second-order valence-corrected chi connectivity index (χ2v) is 7.35. The van der Waals surface area contributed by atoms with Gasteiger partial charge in [0.15, 0.2) is 15.9 Å². The zero-order valence-corrected chi connectivity index (χ0v) is 16.0. The standard InChI is InChI=1S/C17H15N2O2.CHF3O3S/c1-18-12-7-3-5-9-14(12)20-16(18)11-17-19(2)13-8-4-6-10-15(13)21-17;2-1(3,4)8(5,6)7/h3-11H,1-2H3;(H,5,6,7)/q+1;/p-1. The van der Waals surface area contributed by atoms with Gasteiger partial charge < -0.3 is 18.6 Å². The van der Waals surface area contributed by atoms with Crippen molar-refractivity contribution in [3.05, 3.63) is 60.3 Å². The Morgan fingerprint density at radius 3 is 2.28 bits per heavy atom. The molecule has 0 unspecified atom stereocenters. The SMILES string of the molecule is CN1/C(=C\c2oc3ccccc3[n+]2C)Oc2ccccc21.O=S(=O)([O-])C(F)(F)F. The van der Waals surface area contributed by atoms with E-state index in [9.17, 15) is 13.2 Å². The van der Waals surface area contributed by atoms with Crippen molar-refractivity contribution in [1.82, 2.24) is 0 Å². The summed E-state index contributed by atoms with van der Waals surface area (Å²) >= 11 is 0. The van der Waals surface area contributed by atoms with Crippen LogP contribution in [-0.2, 0) is 17.2 Å². The Kier molecular flexibility index (Phi) is 5.28. The number of aryl methyl sites for hydroxylation is 1. The average Bonchev–Trinajstić information content (AvgIpc) is 3.12. The smallest absolute Gasteiger partial charge is 0.485 e. The summed E-state index contributed by atoms with van der Waals surface area (Å²) in [4.78, 5) is 2.02. The number of alkyl halides is 3. The Morgan fingerprint density at radius 1 is 1.10 bits per heavy atom. The first-order valence-corrected chi connectivity index (χ1v) is 9.52. The number of nitrogens with zero attached hydrogens (tertiary/aromatic N) is 2. The average molecular weight is 428 g/mol. The molecule has 29 heavy (non-hydrogen) atoms. The second-order valence-electron chi connectivity index (χ2n) is 5.98. The van der Waals surface area contributed by atoms with Crippen molar-refractivity contribution in [1.29, 1.82) is 0 Å². The lowest BCUT2D eigenvalue weighted by Gasteiger charge is -2.09. The minimum absolute atomic E-state index is 0.755. The summed E-state index contributed by atoms with van der Waals surface area (Å²) < 4.78 is 72.7. The number of benzene rings is 2. The predicted octanol–water partition coefficient (Wildman–Crippen LogP) is 3.14. The molecule has 2 heterocycles. The van der Waals surface area contributed by atoms with E-state index >= 15 is 0 Å². The van der Waals surface area contributed by atoms with Gasteiger partial charge in [-0.25, -0.2) is 8.42 Å². The molecule has 0 aliphatic carbocycles. The van der Waals surface area contributed by atoms with Crippen LogP contribution in [0.3, 0.4) is 0 Å². The lowest BCUT2D eigenvalue weighted by molar-refractivity contribution is -0.652. The molecular formula is C18H15F3N2O5S. The molecule has 3 aromatic rings. The van der Waals surface area contributed by atoms with Crippen LogP contribution in [0, 0.1) is 0 Å². The Labute approximate surface area is 164 Å². The largest absolute Gasteiger partial charge is 0.741 e. The number of aromatic nitrogens is 1. The van der Waals surface area contributed by atoms with Gasteiger partial charge >= 0.3 is 11.4 Å². The minimum atomic E-state index is -6.09. The number of rotatable bonds is 1. The summed E-state index contributed by atoms with van der Waals surface area (Å²) in [6, 6.07) is 15.9. The van der Waals surface area contributed by atoms with Gasteiger partial charge in [-0.05, 0) is 18.2 Å². The first-order chi connectivity index (χ1) is 13.5. The normalized spacial score (nSPS) is 15.1. The molecule has 11 heteroatoms. The number of halogens is 3. The summed E-state index contributed by atoms with van der Waals surface area (Å²) in [6.45, 7) is 0. The van der Waals surface area contributed by atoms with Crippen molar-refractivity contribution in [3.8, 4) is 5.75 Å². The van der Waals surface area contributed by atoms with Crippen LogP contribution in [0.2, 0.25) is 0 Å². The van der Waals surface area contributed by atoms with E-state index in [1.807, 2.05) is 78.2 Å². The van der Waals surface area contributed by atoms with Gasteiger partial charge in [0.2, 0.25) is 11.5 Å². The van der Waals surface area contributed by atoms with Crippen molar-refractivity contribution in [2.75, 3.05) is 11.9 Å². The number of anilines is 1. The van der Waals surface area contributed by atoms with Crippen molar-refractivity contribution >= 4 is 33.0 Å². The summed E-state index contributed by atoms with van der Waals surface area (Å²) in [6.07, 6.45) is 1.92. The minimum Gasteiger partial charge on any atom is -0.741 e. The van der Waals surface area contributed by atoms with Crippen LogP contribution in [0.1, 0.15) is 5.89 Å². The lowest BCUT2D eigenvalue weighted by Crippen LogP contribution is -2.29. The Bertz CT molecular complexity index is 1190. The molecular weight excluding hydrogens is 413 g/mol. The molecule has 0 N–H and O–H groups in total. The summed E-state index contributed by atoms with van der Waals surface area (Å²) in [7, 11) is -2.12. The number of oxazole rings is 1. The fraction of sp³-hybridized carbons (Fsp3) is 0.167. The van der Waals surface area contributed by atoms with Gasteiger partial charge in [-0.15, -0.1) is 0 Å². The summed E-state index contributed by atoms with van der Waals surface area (Å²) in [5.41, 5.74) is -2.66. The quantitative estimate of drug-likeness (QED) is 0.336. The van der Waals surface area contributed by atoms with Crippen molar-refractivity contribution in [2.45, 2.75) is 5.51 Å². The highest BCUT2D eigenvalue weighted by Crippen LogP contribution is 2.37. The number of fused-ring (bicyclic) bond motifs is 2. The zero-order chi connectivity index (χ0) is 21.4. The van der Waals surface area contributed by atoms with Crippen molar-refractivity contribution in [2.24, 2.45) is 7.05 Å². The molecule has 2 aromatic carbocycles. The predicted molar refractivity (Wildman–Crippen MR) is 96.6 cm³/mol. The van der Waals surface area contributed by atoms with Crippen LogP contribution in [0.15, 0.2) is 58.8 Å². The molecule has 1 aromatic heterocycles. The third kappa shape index (κ3) is 4.20. The number of para-hydroxylation sites is 4. The van der Waals surface area contributed by atoms with E-state index in [4.69, 9.17) is 22.1 Å². The van der Waals surface area contributed by atoms with Gasteiger partial charge in [0.25, 0.3) is 5.52 Å².